The summed E-state index contributed by atoms with van der Waals surface area (Å²) < 4.78 is 69.1. The number of nitrogens with zero attached hydrogens (tertiary/aromatic N) is 3. The lowest BCUT2D eigenvalue weighted by atomic mass is 9.93. The number of nitrogens with one attached hydrogen (secondary N) is 1. The van der Waals surface area contributed by atoms with E-state index in [0.29, 0.717) is 28.4 Å². The van der Waals surface area contributed by atoms with Crippen LogP contribution >= 0.6 is 0 Å². The average Bonchev–Trinajstić information content (AvgIpc) is 3.07. The van der Waals surface area contributed by atoms with Crippen LogP contribution in [-0.2, 0) is 16.4 Å². The number of allylic oxidation sites excluding steroid dienone is 5. The summed E-state index contributed by atoms with van der Waals surface area (Å²) in [5.41, 5.74) is 2.52. The number of piperidine rings is 2. The zero-order chi connectivity index (χ0) is 35.3. The van der Waals surface area contributed by atoms with E-state index >= 15 is 0 Å². The quantitative estimate of drug-likeness (QED) is 0.220. The van der Waals surface area contributed by atoms with Gasteiger partial charge in [0.1, 0.15) is 0 Å². The van der Waals surface area contributed by atoms with Crippen LogP contribution in [0.1, 0.15) is 79.2 Å². The molecule has 3 heterocycles. The number of amides is 1. The molecule has 11 heteroatoms. The summed E-state index contributed by atoms with van der Waals surface area (Å²) in [6.45, 7) is 11.6. The van der Waals surface area contributed by atoms with Crippen LogP contribution in [0.4, 0.5) is 13.2 Å². The van der Waals surface area contributed by atoms with E-state index in [2.05, 4.69) is 21.7 Å². The molecule has 1 atom stereocenters. The normalized spacial score (nSPS) is 18.2. The highest BCUT2D eigenvalue weighted by Gasteiger charge is 2.42. The molecular formula is C38H45F3N4O3S. The van der Waals surface area contributed by atoms with Crippen LogP contribution in [0, 0.1) is 0 Å². The van der Waals surface area contributed by atoms with Gasteiger partial charge in [0.2, 0.25) is 0 Å². The first-order valence-corrected chi connectivity index (χ1v) is 18.7. The molecule has 0 bridgehead atoms. The van der Waals surface area contributed by atoms with Gasteiger partial charge in [-0.2, -0.15) is 13.2 Å². The van der Waals surface area contributed by atoms with E-state index in [9.17, 15) is 26.4 Å². The Hall–Kier alpha value is -3.80. The van der Waals surface area contributed by atoms with Crippen LogP contribution in [-0.4, -0.2) is 73.8 Å². The van der Waals surface area contributed by atoms with Crippen LogP contribution < -0.4 is 5.32 Å². The molecule has 0 saturated carbocycles. The number of hydrogen-bond donors (Lipinski definition) is 1. The first kappa shape index (κ1) is 36.5. The summed E-state index contributed by atoms with van der Waals surface area (Å²) in [5, 5.41) is 2.46. The average molecular weight is 695 g/mol. The maximum absolute atomic E-state index is 14.6. The van der Waals surface area contributed by atoms with Crippen molar-refractivity contribution in [3.05, 3.63) is 101 Å². The molecule has 262 valence electrons. The van der Waals surface area contributed by atoms with Gasteiger partial charge in [-0.1, -0.05) is 67.1 Å². The Morgan fingerprint density at radius 2 is 1.71 bits per heavy atom. The summed E-state index contributed by atoms with van der Waals surface area (Å²) in [6.07, 6.45) is 7.28. The molecule has 49 heavy (non-hydrogen) atoms. The largest absolute Gasteiger partial charge is 0.412 e. The Morgan fingerprint density at radius 1 is 1.04 bits per heavy atom. The molecule has 2 aromatic carbocycles. The summed E-state index contributed by atoms with van der Waals surface area (Å²) in [4.78, 5) is 24.1. The van der Waals surface area contributed by atoms with Gasteiger partial charge in [0, 0.05) is 29.8 Å². The van der Waals surface area contributed by atoms with Crippen molar-refractivity contribution in [3.63, 3.8) is 0 Å². The van der Waals surface area contributed by atoms with Crippen LogP contribution in [0.3, 0.4) is 0 Å². The topological polar surface area (TPSA) is 82.6 Å². The molecule has 2 saturated heterocycles. The minimum Gasteiger partial charge on any atom is -0.337 e. The number of carbonyl (C=O) groups is 1. The summed E-state index contributed by atoms with van der Waals surface area (Å²) in [6, 6.07) is 9.68. The number of rotatable bonds is 10. The first-order valence-electron chi connectivity index (χ1n) is 16.8. The number of benzene rings is 2. The van der Waals surface area contributed by atoms with E-state index in [1.165, 1.54) is 61.7 Å². The second-order valence-corrected chi connectivity index (χ2v) is 15.2. The molecule has 2 aliphatic heterocycles. The van der Waals surface area contributed by atoms with Crippen molar-refractivity contribution < 1.29 is 26.4 Å². The van der Waals surface area contributed by atoms with E-state index in [-0.39, 0.29) is 28.0 Å². The first-order chi connectivity index (χ1) is 23.3. The van der Waals surface area contributed by atoms with Crippen molar-refractivity contribution in [3.8, 4) is 0 Å². The molecule has 0 spiro atoms. The fraction of sp³-hybridized carbons (Fsp3) is 0.421. The van der Waals surface area contributed by atoms with Gasteiger partial charge < -0.3 is 10.2 Å². The van der Waals surface area contributed by atoms with Crippen molar-refractivity contribution in [2.24, 2.45) is 0 Å². The van der Waals surface area contributed by atoms with Crippen molar-refractivity contribution in [1.29, 1.82) is 0 Å². The van der Waals surface area contributed by atoms with Crippen LogP contribution in [0.25, 0.3) is 16.5 Å². The molecule has 0 unspecified atom stereocenters. The number of carbonyl (C=O) groups excluding carboxylic acids is 1. The molecule has 0 radical (unpaired) electrons. The highest BCUT2D eigenvalue weighted by atomic mass is 32.2. The number of pyridine rings is 1. The number of fused-ring (bicyclic) bond motifs is 1. The van der Waals surface area contributed by atoms with Gasteiger partial charge in [0.15, 0.2) is 15.9 Å². The van der Waals surface area contributed by atoms with E-state index < -0.39 is 28.0 Å². The second-order valence-electron chi connectivity index (χ2n) is 13.2. The summed E-state index contributed by atoms with van der Waals surface area (Å²) >= 11 is 0. The van der Waals surface area contributed by atoms with E-state index in [1.807, 2.05) is 32.1 Å². The number of aromatic nitrogens is 1. The summed E-state index contributed by atoms with van der Waals surface area (Å²) in [7, 11) is -3.72. The van der Waals surface area contributed by atoms with Gasteiger partial charge in [0.25, 0.3) is 5.91 Å². The van der Waals surface area contributed by atoms with Gasteiger partial charge >= 0.3 is 6.18 Å². The highest BCUT2D eigenvalue weighted by molar-refractivity contribution is 7.90. The lowest BCUT2D eigenvalue weighted by Crippen LogP contribution is -2.46. The van der Waals surface area contributed by atoms with Gasteiger partial charge in [-0.15, -0.1) is 0 Å². The van der Waals surface area contributed by atoms with E-state index in [1.54, 1.807) is 6.07 Å². The Kier molecular flexibility index (Phi) is 11.5. The second kappa shape index (κ2) is 15.4. The SMILES string of the molecule is C=C(C)/C=C\C(=C/C)c1nc2ccc(S(C)(=O)=O)cc2c(C(=O)N[C@H](c2ccccc2)C(F)(F)F)c1CN1CCC(N2CCCCC2)CC1. The molecule has 1 aromatic heterocycles. The van der Waals surface area contributed by atoms with Crippen molar-refractivity contribution in [2.75, 3.05) is 32.4 Å². The molecule has 2 fully saturated rings. The smallest absolute Gasteiger partial charge is 0.337 e. The number of likely N-dealkylation sites (tertiary alicyclic amines) is 2. The lowest BCUT2D eigenvalue weighted by Gasteiger charge is -2.40. The van der Waals surface area contributed by atoms with Gasteiger partial charge in [-0.05, 0) is 95.0 Å². The molecule has 3 aromatic rings. The molecule has 1 amide bonds. The minimum atomic E-state index is -4.80. The maximum Gasteiger partial charge on any atom is 0.412 e. The number of alkyl halides is 3. The van der Waals surface area contributed by atoms with Gasteiger partial charge in [-0.3, -0.25) is 9.69 Å². The molecule has 1 N–H and O–H groups in total. The third-order valence-electron chi connectivity index (χ3n) is 9.43. The standard InChI is InChI=1S/C38H45F3N4O3S/c1-5-27(15-14-26(2)3)35-32(25-44-22-18-29(19-23-44)45-20-10-7-11-21-45)34(31-24-30(49(4,47)48)16-17-33(31)42-35)37(46)43-36(38(39,40)41)28-12-8-6-9-13-28/h5-6,8-9,12-17,24,29,36H,2,7,10-11,18-23,25H2,1,3-4H3,(H,43,46)/b15-14-,27-5+/t36-/m1/s1. The molecule has 0 aliphatic carbocycles. The predicted octanol–water partition coefficient (Wildman–Crippen LogP) is 7.66. The Morgan fingerprint density at radius 3 is 2.31 bits per heavy atom. The maximum atomic E-state index is 14.6. The molecular weight excluding hydrogens is 650 g/mol. The Bertz CT molecular complexity index is 1840. The van der Waals surface area contributed by atoms with Crippen molar-refractivity contribution >= 4 is 32.2 Å². The fourth-order valence-corrected chi connectivity index (χ4v) is 7.51. The monoisotopic (exact) mass is 694 g/mol. The third kappa shape index (κ3) is 8.87. The van der Waals surface area contributed by atoms with Crippen molar-refractivity contribution in [1.82, 2.24) is 20.1 Å². The zero-order valence-electron chi connectivity index (χ0n) is 28.4. The Balaban J connectivity index is 1.67. The molecule has 2 aliphatic rings. The zero-order valence-corrected chi connectivity index (χ0v) is 29.2. The third-order valence-corrected chi connectivity index (χ3v) is 10.5. The molecule has 7 nitrogen and oxygen atoms in total. The van der Waals surface area contributed by atoms with Crippen LogP contribution in [0.2, 0.25) is 0 Å². The minimum absolute atomic E-state index is 0.0167. The Labute approximate surface area is 287 Å². The molecule has 5 rings (SSSR count). The summed E-state index contributed by atoms with van der Waals surface area (Å²) in [5.74, 6) is -0.956. The van der Waals surface area contributed by atoms with Crippen molar-refractivity contribution in [2.45, 2.75) is 75.7 Å². The number of halogens is 3. The van der Waals surface area contributed by atoms with Crippen LogP contribution in [0.15, 0.2) is 83.8 Å². The van der Waals surface area contributed by atoms with E-state index in [4.69, 9.17) is 4.98 Å². The highest BCUT2D eigenvalue weighted by Crippen LogP contribution is 2.36. The lowest BCUT2D eigenvalue weighted by molar-refractivity contribution is -0.155. The van der Waals surface area contributed by atoms with Gasteiger partial charge in [-0.25, -0.2) is 13.4 Å². The van der Waals surface area contributed by atoms with E-state index in [0.717, 1.165) is 50.8 Å². The van der Waals surface area contributed by atoms with Crippen LogP contribution in [0.5, 0.6) is 0 Å². The van der Waals surface area contributed by atoms with Gasteiger partial charge in [0.05, 0.1) is 21.7 Å². The number of sulfone groups is 1. The predicted molar refractivity (Wildman–Crippen MR) is 189 cm³/mol. The number of hydrogen-bond acceptors (Lipinski definition) is 6. The fourth-order valence-electron chi connectivity index (χ4n) is 6.86.